The van der Waals surface area contributed by atoms with Gasteiger partial charge >= 0.3 is 5.97 Å². The highest BCUT2D eigenvalue weighted by atomic mass is 32.2. The number of unbranched alkanes of at least 4 members (excludes halogenated alkanes) is 3. The quantitative estimate of drug-likeness (QED) is 0.241. The average Bonchev–Trinajstić information content (AvgIpc) is 2.76. The molecule has 3 rings (SSSR count). The van der Waals surface area contributed by atoms with Crippen LogP contribution in [0.3, 0.4) is 0 Å². The molecule has 3 aromatic rings. The van der Waals surface area contributed by atoms with Crippen molar-refractivity contribution in [1.82, 2.24) is 0 Å². The standard InChI is InChI=1S/C27H31NO2S/c1-20-17-24(23-13-7-5-8-14-23)18-21(2)27(20)28-31-25-15-10-12-22(19-25)11-6-3-4-9-16-26(29)30/h5,7-8,10,12-15,17-19,28H,3-4,6,9,11,16H2,1-2H3,(H,29,30). The highest BCUT2D eigenvalue weighted by Crippen LogP contribution is 2.32. The van der Waals surface area contributed by atoms with Crippen molar-refractivity contribution in [1.29, 1.82) is 0 Å². The van der Waals surface area contributed by atoms with Gasteiger partial charge in [0.15, 0.2) is 0 Å². The van der Waals surface area contributed by atoms with Crippen LogP contribution in [-0.4, -0.2) is 11.1 Å². The van der Waals surface area contributed by atoms with E-state index in [2.05, 4.69) is 79.2 Å². The third-order valence-electron chi connectivity index (χ3n) is 5.42. The largest absolute Gasteiger partial charge is 0.481 e. The average molecular weight is 434 g/mol. The number of anilines is 1. The molecule has 0 fully saturated rings. The van der Waals surface area contributed by atoms with Crippen molar-refractivity contribution in [3.63, 3.8) is 0 Å². The Kier molecular flexibility index (Phi) is 8.60. The summed E-state index contributed by atoms with van der Waals surface area (Å²) in [5.41, 5.74) is 7.47. The Bertz CT molecular complexity index is 978. The second-order valence-electron chi connectivity index (χ2n) is 8.01. The van der Waals surface area contributed by atoms with Gasteiger partial charge in [0, 0.05) is 11.3 Å². The van der Waals surface area contributed by atoms with Gasteiger partial charge in [0.2, 0.25) is 0 Å². The van der Waals surface area contributed by atoms with Gasteiger partial charge in [0.1, 0.15) is 0 Å². The van der Waals surface area contributed by atoms with Gasteiger partial charge in [0.05, 0.1) is 5.69 Å². The first-order chi connectivity index (χ1) is 15.0. The molecule has 0 radical (unpaired) electrons. The van der Waals surface area contributed by atoms with Crippen molar-refractivity contribution >= 4 is 23.6 Å². The Morgan fingerprint density at radius 2 is 1.55 bits per heavy atom. The third-order valence-corrected chi connectivity index (χ3v) is 6.21. The second-order valence-corrected chi connectivity index (χ2v) is 8.89. The summed E-state index contributed by atoms with van der Waals surface area (Å²) in [5.74, 6) is -0.697. The van der Waals surface area contributed by atoms with Gasteiger partial charge in [-0.2, -0.15) is 0 Å². The number of carboxylic acids is 1. The van der Waals surface area contributed by atoms with Crippen molar-refractivity contribution in [3.05, 3.63) is 83.4 Å². The third kappa shape index (κ3) is 7.18. The number of hydrogen-bond acceptors (Lipinski definition) is 3. The molecule has 0 unspecified atom stereocenters. The lowest BCUT2D eigenvalue weighted by atomic mass is 9.99. The number of nitrogens with one attached hydrogen (secondary N) is 1. The van der Waals surface area contributed by atoms with Crippen LogP contribution in [0.2, 0.25) is 0 Å². The molecule has 3 aromatic carbocycles. The highest BCUT2D eigenvalue weighted by molar-refractivity contribution is 8.00. The van der Waals surface area contributed by atoms with E-state index in [0.29, 0.717) is 0 Å². The Hall–Kier alpha value is -2.72. The number of aryl methyl sites for hydroxylation is 3. The summed E-state index contributed by atoms with van der Waals surface area (Å²) in [4.78, 5) is 11.8. The summed E-state index contributed by atoms with van der Waals surface area (Å²) < 4.78 is 3.56. The SMILES string of the molecule is Cc1cc(-c2ccccc2)cc(C)c1NSc1cccc(CCCCCCC(=O)O)c1. The number of carboxylic acid groups (broad SMARTS) is 1. The summed E-state index contributed by atoms with van der Waals surface area (Å²) in [6, 6.07) is 23.6. The van der Waals surface area contributed by atoms with Crippen LogP contribution in [0, 0.1) is 13.8 Å². The predicted molar refractivity (Wildman–Crippen MR) is 132 cm³/mol. The van der Waals surface area contributed by atoms with Gasteiger partial charge in [-0.3, -0.25) is 4.79 Å². The molecule has 0 aliphatic rings. The molecule has 0 spiro atoms. The van der Waals surface area contributed by atoms with Crippen LogP contribution >= 0.6 is 11.9 Å². The summed E-state index contributed by atoms with van der Waals surface area (Å²) in [5, 5.41) is 8.70. The summed E-state index contributed by atoms with van der Waals surface area (Å²) in [6.07, 6.45) is 5.25. The highest BCUT2D eigenvalue weighted by Gasteiger charge is 2.08. The molecule has 0 heterocycles. The van der Waals surface area contributed by atoms with Crippen LogP contribution in [0.15, 0.2) is 71.6 Å². The first-order valence-corrected chi connectivity index (χ1v) is 11.7. The summed E-state index contributed by atoms with van der Waals surface area (Å²) in [7, 11) is 0. The minimum absolute atomic E-state index is 0.281. The fourth-order valence-electron chi connectivity index (χ4n) is 3.76. The molecule has 0 aliphatic heterocycles. The lowest BCUT2D eigenvalue weighted by Crippen LogP contribution is -1.96. The van der Waals surface area contributed by atoms with Gasteiger partial charge < -0.3 is 9.83 Å². The number of hydrogen-bond donors (Lipinski definition) is 2. The zero-order chi connectivity index (χ0) is 22.1. The molecule has 4 heteroatoms. The Morgan fingerprint density at radius 1 is 0.839 bits per heavy atom. The normalized spacial score (nSPS) is 10.8. The van der Waals surface area contributed by atoms with E-state index < -0.39 is 5.97 Å². The number of benzene rings is 3. The smallest absolute Gasteiger partial charge is 0.303 e. The number of aliphatic carboxylic acids is 1. The molecule has 3 nitrogen and oxygen atoms in total. The fraction of sp³-hybridized carbons (Fsp3) is 0.296. The van der Waals surface area contributed by atoms with Crippen molar-refractivity contribution in [2.75, 3.05) is 4.72 Å². The first kappa shape index (κ1) is 23.0. The van der Waals surface area contributed by atoms with Crippen LogP contribution in [0.5, 0.6) is 0 Å². The molecule has 2 N–H and O–H groups in total. The zero-order valence-electron chi connectivity index (χ0n) is 18.4. The molecule has 0 saturated heterocycles. The lowest BCUT2D eigenvalue weighted by molar-refractivity contribution is -0.137. The maximum absolute atomic E-state index is 10.6. The van der Waals surface area contributed by atoms with E-state index in [-0.39, 0.29) is 6.42 Å². The van der Waals surface area contributed by atoms with Crippen LogP contribution in [0.1, 0.15) is 48.8 Å². The van der Waals surface area contributed by atoms with Crippen molar-refractivity contribution < 1.29 is 9.90 Å². The summed E-state index contributed by atoms with van der Waals surface area (Å²) >= 11 is 1.65. The zero-order valence-corrected chi connectivity index (χ0v) is 19.2. The molecular weight excluding hydrogens is 402 g/mol. The maximum Gasteiger partial charge on any atom is 0.303 e. The predicted octanol–water partition coefficient (Wildman–Crippen LogP) is 7.67. The summed E-state index contributed by atoms with van der Waals surface area (Å²) in [6.45, 7) is 4.31. The van der Waals surface area contributed by atoms with E-state index in [1.165, 1.54) is 38.4 Å². The van der Waals surface area contributed by atoms with E-state index in [4.69, 9.17) is 5.11 Å². The minimum atomic E-state index is -0.697. The van der Waals surface area contributed by atoms with Crippen molar-refractivity contribution in [3.8, 4) is 11.1 Å². The van der Waals surface area contributed by atoms with Crippen LogP contribution in [0.25, 0.3) is 11.1 Å². The van der Waals surface area contributed by atoms with Crippen LogP contribution in [0.4, 0.5) is 5.69 Å². The molecule has 0 aromatic heterocycles. The molecular formula is C27H31NO2S. The molecule has 0 bridgehead atoms. The van der Waals surface area contributed by atoms with Gasteiger partial charge in [-0.25, -0.2) is 0 Å². The Morgan fingerprint density at radius 3 is 2.26 bits per heavy atom. The second kappa shape index (κ2) is 11.6. The van der Waals surface area contributed by atoms with Gasteiger partial charge in [-0.15, -0.1) is 0 Å². The van der Waals surface area contributed by atoms with Crippen molar-refractivity contribution in [2.24, 2.45) is 0 Å². The van der Waals surface area contributed by atoms with E-state index in [0.717, 1.165) is 32.1 Å². The van der Waals surface area contributed by atoms with E-state index in [1.807, 2.05) is 6.07 Å². The molecule has 0 aliphatic carbocycles. The van der Waals surface area contributed by atoms with Gasteiger partial charge in [-0.1, -0.05) is 55.3 Å². The Balaban J connectivity index is 1.55. The fourth-order valence-corrected chi connectivity index (χ4v) is 4.65. The molecule has 31 heavy (non-hydrogen) atoms. The topological polar surface area (TPSA) is 49.3 Å². The molecule has 0 amide bonds. The lowest BCUT2D eigenvalue weighted by Gasteiger charge is -2.15. The van der Waals surface area contributed by atoms with Crippen LogP contribution in [-0.2, 0) is 11.2 Å². The van der Waals surface area contributed by atoms with Crippen LogP contribution < -0.4 is 4.72 Å². The maximum atomic E-state index is 10.6. The van der Waals surface area contributed by atoms with Crippen molar-refractivity contribution in [2.45, 2.75) is 57.3 Å². The van der Waals surface area contributed by atoms with E-state index in [9.17, 15) is 4.79 Å². The first-order valence-electron chi connectivity index (χ1n) is 10.9. The Labute approximate surface area is 190 Å². The molecule has 0 saturated carbocycles. The molecule has 162 valence electrons. The minimum Gasteiger partial charge on any atom is -0.481 e. The number of carbonyl (C=O) groups is 1. The monoisotopic (exact) mass is 433 g/mol. The van der Waals surface area contributed by atoms with E-state index in [1.54, 1.807) is 11.9 Å². The number of rotatable bonds is 11. The van der Waals surface area contributed by atoms with E-state index >= 15 is 0 Å². The van der Waals surface area contributed by atoms with Gasteiger partial charge in [-0.05, 0) is 97.1 Å². The van der Waals surface area contributed by atoms with Gasteiger partial charge in [0.25, 0.3) is 0 Å². The molecule has 0 atom stereocenters.